The highest BCUT2D eigenvalue weighted by atomic mass is 35.5. The van der Waals surface area contributed by atoms with E-state index in [9.17, 15) is 9.59 Å². The average Bonchev–Trinajstić information content (AvgIpc) is 3.35. The van der Waals surface area contributed by atoms with Gasteiger partial charge in [0.1, 0.15) is 0 Å². The molecule has 0 bridgehead atoms. The summed E-state index contributed by atoms with van der Waals surface area (Å²) in [6.45, 7) is 1.80. The molecule has 2 fully saturated rings. The quantitative estimate of drug-likeness (QED) is 0.868. The van der Waals surface area contributed by atoms with Crippen molar-refractivity contribution >= 4 is 23.6 Å². The molecule has 1 amide bonds. The molecule has 1 saturated heterocycles. The fourth-order valence-corrected chi connectivity index (χ4v) is 4.24. The van der Waals surface area contributed by atoms with Crippen LogP contribution in [-0.2, 0) is 11.3 Å². The first kappa shape index (κ1) is 18.0. The Labute approximate surface area is 161 Å². The van der Waals surface area contributed by atoms with E-state index < -0.39 is 5.97 Å². The van der Waals surface area contributed by atoms with E-state index in [0.29, 0.717) is 36.6 Å². The summed E-state index contributed by atoms with van der Waals surface area (Å²) in [5.74, 6) is -0.335. The highest BCUT2D eigenvalue weighted by Crippen LogP contribution is 2.40. The lowest BCUT2D eigenvalue weighted by Gasteiger charge is -2.19. The minimum absolute atomic E-state index is 0.129. The Balaban J connectivity index is 1.31. The van der Waals surface area contributed by atoms with E-state index in [-0.39, 0.29) is 17.8 Å². The summed E-state index contributed by atoms with van der Waals surface area (Å²) >= 11 is 6.17. The molecule has 2 aliphatic rings. The van der Waals surface area contributed by atoms with Gasteiger partial charge < -0.3 is 14.7 Å². The molecule has 1 aliphatic carbocycles. The Hall–Kier alpha value is -2.38. The van der Waals surface area contributed by atoms with Crippen molar-refractivity contribution in [3.05, 3.63) is 52.8 Å². The number of rotatable bonds is 4. The molecule has 1 aromatic carbocycles. The molecule has 2 heterocycles. The number of aromatic carboxylic acids is 1. The van der Waals surface area contributed by atoms with E-state index >= 15 is 0 Å². The van der Waals surface area contributed by atoms with Crippen LogP contribution in [-0.4, -0.2) is 51.0 Å². The van der Waals surface area contributed by atoms with Crippen molar-refractivity contribution in [3.63, 3.8) is 0 Å². The lowest BCUT2D eigenvalue weighted by atomic mass is 10.0. The van der Waals surface area contributed by atoms with Crippen molar-refractivity contribution in [2.75, 3.05) is 13.1 Å². The van der Waals surface area contributed by atoms with Gasteiger partial charge in [-0.3, -0.25) is 0 Å². The number of carboxylic acids is 1. The first-order valence-corrected chi connectivity index (χ1v) is 9.32. The van der Waals surface area contributed by atoms with Gasteiger partial charge in [-0.2, -0.15) is 9.78 Å². The van der Waals surface area contributed by atoms with E-state index in [4.69, 9.17) is 21.4 Å². The second-order valence-corrected chi connectivity index (χ2v) is 7.56. The molecule has 0 spiro atoms. The summed E-state index contributed by atoms with van der Waals surface area (Å²) in [5.41, 5.74) is 0.858. The van der Waals surface area contributed by atoms with Gasteiger partial charge in [-0.1, -0.05) is 29.8 Å². The van der Waals surface area contributed by atoms with Gasteiger partial charge in [0.05, 0.1) is 12.7 Å². The first-order chi connectivity index (χ1) is 13.0. The zero-order chi connectivity index (χ0) is 19.0. The minimum Gasteiger partial charge on any atom is -0.476 e. The number of aromatic nitrogens is 2. The summed E-state index contributed by atoms with van der Waals surface area (Å²) in [4.78, 5) is 25.2. The predicted octanol–water partition coefficient (Wildman–Crippen LogP) is 3.13. The number of amides is 1. The lowest BCUT2D eigenvalue weighted by molar-refractivity contribution is 0.0384. The maximum absolute atomic E-state index is 12.5. The zero-order valence-corrected chi connectivity index (χ0v) is 15.4. The van der Waals surface area contributed by atoms with Gasteiger partial charge in [-0.15, -0.1) is 0 Å². The number of carbonyl (C=O) groups excluding carboxylic acids is 1. The van der Waals surface area contributed by atoms with Crippen molar-refractivity contribution in [1.82, 2.24) is 14.7 Å². The third-order valence-electron chi connectivity index (χ3n) is 5.41. The summed E-state index contributed by atoms with van der Waals surface area (Å²) in [5, 5.41) is 13.5. The number of likely N-dealkylation sites (tertiary alicyclic amines) is 1. The molecule has 1 N–H and O–H groups in total. The number of nitrogens with zero attached hydrogens (tertiary/aromatic N) is 3. The number of benzene rings is 1. The molecule has 1 aliphatic heterocycles. The van der Waals surface area contributed by atoms with Crippen LogP contribution >= 0.6 is 11.6 Å². The molecule has 7 nitrogen and oxygen atoms in total. The second kappa shape index (κ2) is 7.32. The van der Waals surface area contributed by atoms with Gasteiger partial charge in [0, 0.05) is 24.3 Å². The topological polar surface area (TPSA) is 84.7 Å². The highest BCUT2D eigenvalue weighted by Gasteiger charge is 2.43. The Bertz CT molecular complexity index is 854. The number of hydrogen-bond donors (Lipinski definition) is 1. The van der Waals surface area contributed by atoms with Crippen molar-refractivity contribution in [2.24, 2.45) is 11.8 Å². The van der Waals surface area contributed by atoms with E-state index in [1.165, 1.54) is 12.3 Å². The molecule has 142 valence electrons. The molecular formula is C19H20ClN3O4. The number of fused-ring (bicyclic) bond motifs is 1. The van der Waals surface area contributed by atoms with Crippen LogP contribution in [0.2, 0.25) is 5.02 Å². The van der Waals surface area contributed by atoms with Gasteiger partial charge in [0.2, 0.25) is 0 Å². The maximum Gasteiger partial charge on any atom is 0.356 e. The average molecular weight is 390 g/mol. The Morgan fingerprint density at radius 3 is 2.52 bits per heavy atom. The summed E-state index contributed by atoms with van der Waals surface area (Å²) < 4.78 is 7.15. The number of ether oxygens (including phenoxy) is 1. The lowest BCUT2D eigenvalue weighted by Crippen LogP contribution is -2.34. The molecule has 8 heteroatoms. The fourth-order valence-electron chi connectivity index (χ4n) is 4.05. The molecule has 1 aromatic heterocycles. The van der Waals surface area contributed by atoms with Crippen LogP contribution in [0.4, 0.5) is 4.79 Å². The molecule has 1 saturated carbocycles. The molecule has 0 radical (unpaired) electrons. The second-order valence-electron chi connectivity index (χ2n) is 7.15. The number of hydrogen-bond acceptors (Lipinski definition) is 4. The molecule has 4 rings (SSSR count). The SMILES string of the molecule is O=C(O)c1ccn(C(=O)N2CC3CC(OCc4ccccc4Cl)C[C@H]3C2)n1. The van der Waals surface area contributed by atoms with E-state index in [1.807, 2.05) is 24.3 Å². The first-order valence-electron chi connectivity index (χ1n) is 8.94. The number of halogens is 1. The van der Waals surface area contributed by atoms with Crippen LogP contribution in [0.25, 0.3) is 0 Å². The minimum atomic E-state index is -1.14. The van der Waals surface area contributed by atoms with Crippen molar-refractivity contribution in [3.8, 4) is 0 Å². The van der Waals surface area contributed by atoms with Crippen LogP contribution in [0.3, 0.4) is 0 Å². The van der Waals surface area contributed by atoms with Crippen LogP contribution in [0.5, 0.6) is 0 Å². The van der Waals surface area contributed by atoms with Crippen LogP contribution in [0.1, 0.15) is 28.9 Å². The molecule has 2 aromatic rings. The summed E-state index contributed by atoms with van der Waals surface area (Å²) in [6.07, 6.45) is 3.41. The predicted molar refractivity (Wildman–Crippen MR) is 97.8 cm³/mol. The van der Waals surface area contributed by atoms with Crippen molar-refractivity contribution < 1.29 is 19.4 Å². The standard InChI is InChI=1S/C19H20ClN3O4/c20-16-4-2-1-3-12(16)11-27-15-7-13-9-22(10-14(13)8-15)19(26)23-6-5-17(21-23)18(24)25/h1-6,13-15H,7-11H2,(H,24,25)/t13-,14?,15?/m0/s1. The van der Waals surface area contributed by atoms with Crippen molar-refractivity contribution in [1.29, 1.82) is 0 Å². The van der Waals surface area contributed by atoms with E-state index in [2.05, 4.69) is 5.10 Å². The third-order valence-corrected chi connectivity index (χ3v) is 5.78. The normalized spacial score (nSPS) is 24.2. The summed E-state index contributed by atoms with van der Waals surface area (Å²) in [6, 6.07) is 8.73. The van der Waals surface area contributed by atoms with Gasteiger partial charge >= 0.3 is 12.0 Å². The molecule has 27 heavy (non-hydrogen) atoms. The Kier molecular flexibility index (Phi) is 4.88. The largest absolute Gasteiger partial charge is 0.476 e. The molecule has 3 atom stereocenters. The van der Waals surface area contributed by atoms with E-state index in [0.717, 1.165) is 23.1 Å². The number of carboxylic acid groups (broad SMARTS) is 1. The van der Waals surface area contributed by atoms with Crippen LogP contribution < -0.4 is 0 Å². The summed E-state index contributed by atoms with van der Waals surface area (Å²) in [7, 11) is 0. The van der Waals surface area contributed by atoms with E-state index in [1.54, 1.807) is 4.90 Å². The van der Waals surface area contributed by atoms with Gasteiger partial charge in [-0.25, -0.2) is 9.59 Å². The third kappa shape index (κ3) is 3.70. The van der Waals surface area contributed by atoms with Crippen molar-refractivity contribution in [2.45, 2.75) is 25.6 Å². The van der Waals surface area contributed by atoms with Crippen LogP contribution in [0, 0.1) is 11.8 Å². The monoisotopic (exact) mass is 389 g/mol. The number of carbonyl (C=O) groups is 2. The molecule has 2 unspecified atom stereocenters. The molecular weight excluding hydrogens is 370 g/mol. The highest BCUT2D eigenvalue weighted by molar-refractivity contribution is 6.31. The van der Waals surface area contributed by atoms with Gasteiger partial charge in [-0.05, 0) is 42.4 Å². The van der Waals surface area contributed by atoms with Gasteiger partial charge in [0.25, 0.3) is 0 Å². The smallest absolute Gasteiger partial charge is 0.356 e. The zero-order valence-electron chi connectivity index (χ0n) is 14.6. The maximum atomic E-state index is 12.5. The van der Waals surface area contributed by atoms with Gasteiger partial charge in [0.15, 0.2) is 5.69 Å². The van der Waals surface area contributed by atoms with Crippen LogP contribution in [0.15, 0.2) is 36.5 Å². The Morgan fingerprint density at radius 2 is 1.89 bits per heavy atom. The Morgan fingerprint density at radius 1 is 1.19 bits per heavy atom. The fraction of sp³-hybridized carbons (Fsp3) is 0.421.